The van der Waals surface area contributed by atoms with Gasteiger partial charge in [-0.2, -0.15) is 0 Å². The zero-order valence-corrected chi connectivity index (χ0v) is 8.73. The highest BCUT2D eigenvalue weighted by atomic mass is 16.5. The van der Waals surface area contributed by atoms with Crippen LogP contribution >= 0.6 is 0 Å². The van der Waals surface area contributed by atoms with Crippen molar-refractivity contribution in [2.75, 3.05) is 0 Å². The second-order valence-electron chi connectivity index (χ2n) is 3.13. The van der Waals surface area contributed by atoms with Gasteiger partial charge in [-0.05, 0) is 0 Å². The van der Waals surface area contributed by atoms with Crippen molar-refractivity contribution in [2.45, 2.75) is 13.5 Å². The summed E-state index contributed by atoms with van der Waals surface area (Å²) >= 11 is 0. The van der Waals surface area contributed by atoms with E-state index < -0.39 is 17.7 Å². The monoisotopic (exact) mass is 221 g/mol. The maximum Gasteiger partial charge on any atom is 0.302 e. The van der Waals surface area contributed by atoms with Gasteiger partial charge in [0.15, 0.2) is 0 Å². The first-order chi connectivity index (χ1) is 7.52. The Kier molecular flexibility index (Phi) is 3.77. The van der Waals surface area contributed by atoms with Gasteiger partial charge in [0.1, 0.15) is 6.61 Å². The molecule has 1 amide bonds. The lowest BCUT2D eigenvalue weighted by Gasteiger charge is -2.06. The zero-order valence-electron chi connectivity index (χ0n) is 8.73. The van der Waals surface area contributed by atoms with Crippen LogP contribution in [0.25, 0.3) is 0 Å². The molecule has 0 fully saturated rings. The maximum absolute atomic E-state index is 11.4. The molecule has 2 N–H and O–H groups in total. The molecule has 0 bridgehead atoms. The molecule has 0 aliphatic rings. The minimum absolute atomic E-state index is 0.0511. The third-order valence-corrected chi connectivity index (χ3v) is 1.92. The molecule has 0 aromatic heterocycles. The van der Waals surface area contributed by atoms with Crippen LogP contribution in [0, 0.1) is 0 Å². The van der Waals surface area contributed by atoms with Gasteiger partial charge in [-0.15, -0.1) is 0 Å². The number of Topliss-reactive ketones (excluding diaryl/α,β-unsaturated/α-hetero) is 1. The van der Waals surface area contributed by atoms with E-state index in [1.165, 1.54) is 13.0 Å². The molecule has 1 aromatic rings. The van der Waals surface area contributed by atoms with Crippen molar-refractivity contribution in [1.29, 1.82) is 0 Å². The summed E-state index contributed by atoms with van der Waals surface area (Å²) in [6.45, 7) is 1.21. The van der Waals surface area contributed by atoms with Crippen LogP contribution in [0.3, 0.4) is 0 Å². The molecule has 0 aliphatic carbocycles. The van der Waals surface area contributed by atoms with Gasteiger partial charge in [-0.3, -0.25) is 14.4 Å². The lowest BCUT2D eigenvalue weighted by Crippen LogP contribution is -2.24. The van der Waals surface area contributed by atoms with E-state index in [2.05, 4.69) is 0 Å². The second-order valence-corrected chi connectivity index (χ2v) is 3.13. The Bertz CT molecular complexity index is 439. The molecule has 0 spiro atoms. The first-order valence-corrected chi connectivity index (χ1v) is 4.57. The van der Waals surface area contributed by atoms with Crippen LogP contribution in [-0.2, 0) is 20.9 Å². The number of ketones is 1. The number of benzene rings is 1. The van der Waals surface area contributed by atoms with Gasteiger partial charge in [0.25, 0.3) is 5.91 Å². The van der Waals surface area contributed by atoms with Crippen molar-refractivity contribution in [3.05, 3.63) is 35.4 Å². The van der Waals surface area contributed by atoms with Crippen LogP contribution in [0.5, 0.6) is 0 Å². The van der Waals surface area contributed by atoms with Crippen LogP contribution in [0.2, 0.25) is 0 Å². The van der Waals surface area contributed by atoms with Gasteiger partial charge in [-0.1, -0.05) is 24.3 Å². The molecular formula is C11H11NO4. The van der Waals surface area contributed by atoms with Crippen LogP contribution < -0.4 is 5.73 Å². The smallest absolute Gasteiger partial charge is 0.302 e. The number of ether oxygens (including phenoxy) is 1. The van der Waals surface area contributed by atoms with Crippen LogP contribution in [-0.4, -0.2) is 17.7 Å². The predicted molar refractivity (Wildman–Crippen MR) is 55.4 cm³/mol. The minimum atomic E-state index is -1.03. The second kappa shape index (κ2) is 5.06. The molecule has 16 heavy (non-hydrogen) atoms. The normalized spacial score (nSPS) is 9.56. The molecule has 0 heterocycles. The number of amides is 1. The summed E-state index contributed by atoms with van der Waals surface area (Å²) in [5.74, 6) is -2.28. The van der Waals surface area contributed by atoms with Crippen molar-refractivity contribution in [3.8, 4) is 0 Å². The number of rotatable bonds is 4. The number of hydrogen-bond donors (Lipinski definition) is 1. The molecule has 5 heteroatoms. The average Bonchev–Trinajstić information content (AvgIpc) is 2.25. The van der Waals surface area contributed by atoms with Gasteiger partial charge < -0.3 is 10.5 Å². The molecule has 0 saturated heterocycles. The highest BCUT2D eigenvalue weighted by molar-refractivity contribution is 6.42. The summed E-state index contributed by atoms with van der Waals surface area (Å²) in [6, 6.07) is 6.34. The average molecular weight is 221 g/mol. The van der Waals surface area contributed by atoms with E-state index in [1.807, 2.05) is 0 Å². The minimum Gasteiger partial charge on any atom is -0.461 e. The van der Waals surface area contributed by atoms with E-state index in [4.69, 9.17) is 10.5 Å². The number of carbonyl (C=O) groups is 3. The van der Waals surface area contributed by atoms with E-state index in [0.717, 1.165) is 0 Å². The van der Waals surface area contributed by atoms with Crippen molar-refractivity contribution in [3.63, 3.8) is 0 Å². The Hall–Kier alpha value is -2.17. The van der Waals surface area contributed by atoms with Crippen molar-refractivity contribution in [2.24, 2.45) is 5.73 Å². The fourth-order valence-corrected chi connectivity index (χ4v) is 1.18. The Labute approximate surface area is 92.2 Å². The fraction of sp³-hybridized carbons (Fsp3) is 0.182. The molecular weight excluding hydrogens is 210 g/mol. The van der Waals surface area contributed by atoms with Crippen molar-refractivity contribution < 1.29 is 19.1 Å². The third kappa shape index (κ3) is 2.91. The van der Waals surface area contributed by atoms with Gasteiger partial charge in [-0.25, -0.2) is 0 Å². The van der Waals surface area contributed by atoms with Crippen molar-refractivity contribution in [1.82, 2.24) is 0 Å². The standard InChI is InChI=1S/C11H11NO4/c1-7(13)16-6-8-4-2-3-5-9(8)10(14)11(12)15/h2-5H,6H2,1H3,(H2,12,15). The number of carbonyl (C=O) groups excluding carboxylic acids is 3. The Morgan fingerprint density at radius 2 is 1.88 bits per heavy atom. The molecule has 0 aliphatic heterocycles. The first-order valence-electron chi connectivity index (χ1n) is 4.57. The van der Waals surface area contributed by atoms with E-state index in [-0.39, 0.29) is 12.2 Å². The van der Waals surface area contributed by atoms with Crippen LogP contribution in [0.1, 0.15) is 22.8 Å². The largest absolute Gasteiger partial charge is 0.461 e. The number of nitrogens with two attached hydrogens (primary N) is 1. The molecule has 1 aromatic carbocycles. The fourth-order valence-electron chi connectivity index (χ4n) is 1.18. The van der Waals surface area contributed by atoms with E-state index in [1.54, 1.807) is 18.2 Å². The first kappa shape index (κ1) is 11.9. The van der Waals surface area contributed by atoms with E-state index in [9.17, 15) is 14.4 Å². The van der Waals surface area contributed by atoms with Gasteiger partial charge >= 0.3 is 5.97 Å². The van der Waals surface area contributed by atoms with Gasteiger partial charge in [0.05, 0.1) is 0 Å². The summed E-state index contributed by atoms with van der Waals surface area (Å²) in [6.07, 6.45) is 0. The quantitative estimate of drug-likeness (QED) is 0.453. The van der Waals surface area contributed by atoms with Gasteiger partial charge in [0.2, 0.25) is 5.78 Å². The number of hydrogen-bond acceptors (Lipinski definition) is 4. The van der Waals surface area contributed by atoms with Gasteiger partial charge in [0, 0.05) is 18.1 Å². The highest BCUT2D eigenvalue weighted by Gasteiger charge is 2.16. The predicted octanol–water partition coefficient (Wildman–Crippen LogP) is 0.418. The topological polar surface area (TPSA) is 86.5 Å². The molecule has 0 atom stereocenters. The lowest BCUT2D eigenvalue weighted by molar-refractivity contribution is -0.142. The lowest BCUT2D eigenvalue weighted by atomic mass is 10.0. The van der Waals surface area contributed by atoms with Crippen molar-refractivity contribution >= 4 is 17.7 Å². The summed E-state index contributed by atoms with van der Waals surface area (Å²) in [5.41, 5.74) is 5.52. The molecule has 0 radical (unpaired) electrons. The molecule has 0 unspecified atom stereocenters. The maximum atomic E-state index is 11.4. The molecule has 84 valence electrons. The Morgan fingerprint density at radius 1 is 1.25 bits per heavy atom. The third-order valence-electron chi connectivity index (χ3n) is 1.92. The summed E-state index contributed by atoms with van der Waals surface area (Å²) in [5, 5.41) is 0. The van der Waals surface area contributed by atoms with E-state index >= 15 is 0 Å². The number of primary amides is 1. The number of esters is 1. The molecule has 1 rings (SSSR count). The Morgan fingerprint density at radius 3 is 2.44 bits per heavy atom. The Balaban J connectivity index is 2.96. The summed E-state index contributed by atoms with van der Waals surface area (Å²) in [4.78, 5) is 32.8. The van der Waals surface area contributed by atoms with E-state index in [0.29, 0.717) is 5.56 Å². The summed E-state index contributed by atoms with van der Waals surface area (Å²) < 4.78 is 4.76. The SMILES string of the molecule is CC(=O)OCc1ccccc1C(=O)C(N)=O. The zero-order chi connectivity index (χ0) is 12.1. The van der Waals surface area contributed by atoms with Crippen LogP contribution in [0.4, 0.5) is 0 Å². The highest BCUT2D eigenvalue weighted by Crippen LogP contribution is 2.11. The molecule has 0 saturated carbocycles. The van der Waals surface area contributed by atoms with Crippen LogP contribution in [0.15, 0.2) is 24.3 Å². The molecule has 5 nitrogen and oxygen atoms in total. The summed E-state index contributed by atoms with van der Waals surface area (Å²) in [7, 11) is 0.